The lowest BCUT2D eigenvalue weighted by Gasteiger charge is -2.25. The molecule has 0 fully saturated rings. The summed E-state index contributed by atoms with van der Waals surface area (Å²) in [6.07, 6.45) is -3.66. The lowest BCUT2D eigenvalue weighted by atomic mass is 10.2. The molecule has 1 heterocycles. The number of carbonyl (C=O) groups excluding carboxylic acids is 1. The van der Waals surface area contributed by atoms with Gasteiger partial charge in [0.1, 0.15) is 5.69 Å². The zero-order valence-electron chi connectivity index (χ0n) is 14.3. The first-order valence-corrected chi connectivity index (χ1v) is 7.93. The summed E-state index contributed by atoms with van der Waals surface area (Å²) in [7, 11) is 0. The summed E-state index contributed by atoms with van der Waals surface area (Å²) in [5.41, 5.74) is 0.0745. The molecule has 0 saturated heterocycles. The highest BCUT2D eigenvalue weighted by Crippen LogP contribution is 2.38. The Labute approximate surface area is 149 Å². The first kappa shape index (κ1) is 19.4. The summed E-state index contributed by atoms with van der Waals surface area (Å²) in [4.78, 5) is 16.6. The number of aromatic nitrogens is 1. The van der Waals surface area contributed by atoms with Crippen LogP contribution in [0.1, 0.15) is 13.8 Å². The van der Waals surface area contributed by atoms with E-state index in [9.17, 15) is 18.0 Å². The SMILES string of the molecule is CCN(CC)c1ccc(N=Nc2ccccn2)c(N(C=O)C(F)(F)F)c1. The highest BCUT2D eigenvalue weighted by atomic mass is 19.4. The molecule has 0 aliphatic rings. The van der Waals surface area contributed by atoms with E-state index in [4.69, 9.17) is 0 Å². The minimum absolute atomic E-state index is 0.0871. The zero-order chi connectivity index (χ0) is 19.2. The molecule has 0 bridgehead atoms. The van der Waals surface area contributed by atoms with Crippen molar-refractivity contribution in [2.75, 3.05) is 22.9 Å². The number of halogens is 3. The van der Waals surface area contributed by atoms with Crippen molar-refractivity contribution in [1.82, 2.24) is 4.98 Å². The molecule has 0 N–H and O–H groups in total. The average Bonchev–Trinajstić information content (AvgIpc) is 2.62. The van der Waals surface area contributed by atoms with Gasteiger partial charge in [0.2, 0.25) is 6.41 Å². The number of nitrogens with zero attached hydrogens (tertiary/aromatic N) is 5. The second-order valence-electron chi connectivity index (χ2n) is 5.18. The molecule has 2 rings (SSSR count). The van der Waals surface area contributed by atoms with Gasteiger partial charge in [0.25, 0.3) is 0 Å². The second-order valence-corrected chi connectivity index (χ2v) is 5.18. The molecule has 0 saturated carbocycles. The van der Waals surface area contributed by atoms with Gasteiger partial charge in [0, 0.05) is 25.0 Å². The molecule has 26 heavy (non-hydrogen) atoms. The maximum absolute atomic E-state index is 13.2. The molecule has 0 spiro atoms. The highest BCUT2D eigenvalue weighted by Gasteiger charge is 2.39. The fourth-order valence-corrected chi connectivity index (χ4v) is 2.35. The van der Waals surface area contributed by atoms with Gasteiger partial charge in [0.15, 0.2) is 5.82 Å². The summed E-state index contributed by atoms with van der Waals surface area (Å²) in [5.74, 6) is 0.246. The molecule has 1 amide bonds. The largest absolute Gasteiger partial charge is 0.491 e. The number of hydrogen-bond acceptors (Lipinski definition) is 5. The fraction of sp³-hybridized carbons (Fsp3) is 0.294. The summed E-state index contributed by atoms with van der Waals surface area (Å²) < 4.78 is 39.7. The lowest BCUT2D eigenvalue weighted by Crippen LogP contribution is -2.37. The van der Waals surface area contributed by atoms with Crippen molar-refractivity contribution in [3.63, 3.8) is 0 Å². The summed E-state index contributed by atoms with van der Waals surface area (Å²) in [6, 6.07) is 9.25. The van der Waals surface area contributed by atoms with Crippen molar-refractivity contribution in [1.29, 1.82) is 0 Å². The molecule has 0 aliphatic heterocycles. The lowest BCUT2D eigenvalue weighted by molar-refractivity contribution is -0.141. The standard InChI is InChI=1S/C17H18F3N5O/c1-3-24(4-2)13-8-9-14(22-23-16-7-5-6-10-21-16)15(11-13)25(12-26)17(18,19)20/h5-12H,3-4H2,1-2H3. The predicted octanol–water partition coefficient (Wildman–Crippen LogP) is 4.83. The molecule has 0 unspecified atom stereocenters. The van der Waals surface area contributed by atoms with Crippen LogP contribution in [0.25, 0.3) is 0 Å². The van der Waals surface area contributed by atoms with Gasteiger partial charge < -0.3 is 4.90 Å². The van der Waals surface area contributed by atoms with E-state index in [1.54, 1.807) is 24.3 Å². The van der Waals surface area contributed by atoms with E-state index in [0.29, 0.717) is 18.8 Å². The number of alkyl halides is 3. The van der Waals surface area contributed by atoms with Crippen LogP contribution >= 0.6 is 0 Å². The van der Waals surface area contributed by atoms with E-state index in [2.05, 4.69) is 15.2 Å². The number of azo groups is 1. The molecule has 0 aliphatic carbocycles. The smallest absolute Gasteiger partial charge is 0.372 e. The first-order chi connectivity index (χ1) is 12.4. The van der Waals surface area contributed by atoms with Crippen molar-refractivity contribution in [2.45, 2.75) is 20.1 Å². The highest BCUT2D eigenvalue weighted by molar-refractivity contribution is 5.85. The van der Waals surface area contributed by atoms with E-state index < -0.39 is 12.0 Å². The first-order valence-electron chi connectivity index (χ1n) is 7.93. The Balaban J connectivity index is 2.52. The molecule has 138 valence electrons. The number of rotatable bonds is 7. The minimum Gasteiger partial charge on any atom is -0.372 e. The molecular weight excluding hydrogens is 347 g/mol. The maximum atomic E-state index is 13.2. The molecule has 9 heteroatoms. The molecule has 6 nitrogen and oxygen atoms in total. The Morgan fingerprint density at radius 3 is 2.38 bits per heavy atom. The van der Waals surface area contributed by atoms with Crippen molar-refractivity contribution in [2.24, 2.45) is 10.2 Å². The van der Waals surface area contributed by atoms with Crippen LogP contribution in [-0.4, -0.2) is 30.8 Å². The normalized spacial score (nSPS) is 11.6. The predicted molar refractivity (Wildman–Crippen MR) is 93.0 cm³/mol. The van der Waals surface area contributed by atoms with Crippen LogP contribution in [0.4, 0.5) is 36.1 Å². The van der Waals surface area contributed by atoms with E-state index in [1.165, 1.54) is 18.3 Å². The second kappa shape index (κ2) is 8.41. The Morgan fingerprint density at radius 1 is 1.12 bits per heavy atom. The van der Waals surface area contributed by atoms with Crippen LogP contribution in [0.5, 0.6) is 0 Å². The maximum Gasteiger partial charge on any atom is 0.491 e. The fourth-order valence-electron chi connectivity index (χ4n) is 2.35. The quantitative estimate of drug-likeness (QED) is 0.401. The number of pyridine rings is 1. The molecule has 0 radical (unpaired) electrons. The Morgan fingerprint density at radius 2 is 1.85 bits per heavy atom. The third kappa shape index (κ3) is 4.56. The molecular formula is C17H18F3N5O. The van der Waals surface area contributed by atoms with Gasteiger partial charge in [-0.2, -0.15) is 0 Å². The Bertz CT molecular complexity index is 761. The van der Waals surface area contributed by atoms with Crippen LogP contribution in [0, 0.1) is 0 Å². The third-order valence-electron chi connectivity index (χ3n) is 3.64. The minimum atomic E-state index is -4.88. The Hall–Kier alpha value is -2.97. The van der Waals surface area contributed by atoms with Crippen LogP contribution in [-0.2, 0) is 4.79 Å². The third-order valence-corrected chi connectivity index (χ3v) is 3.64. The summed E-state index contributed by atoms with van der Waals surface area (Å²) >= 11 is 0. The van der Waals surface area contributed by atoms with Gasteiger partial charge in [0.05, 0.1) is 5.69 Å². The number of amides is 1. The van der Waals surface area contributed by atoms with Crippen molar-refractivity contribution in [3.8, 4) is 0 Å². The summed E-state index contributed by atoms with van der Waals surface area (Å²) in [5, 5.41) is 7.70. The van der Waals surface area contributed by atoms with Crippen molar-refractivity contribution >= 4 is 29.3 Å². The van der Waals surface area contributed by atoms with E-state index in [-0.39, 0.29) is 22.8 Å². The van der Waals surface area contributed by atoms with Crippen molar-refractivity contribution in [3.05, 3.63) is 42.6 Å². The van der Waals surface area contributed by atoms with Gasteiger partial charge in [-0.3, -0.25) is 4.79 Å². The number of anilines is 2. The zero-order valence-corrected chi connectivity index (χ0v) is 14.3. The van der Waals surface area contributed by atoms with Crippen molar-refractivity contribution < 1.29 is 18.0 Å². The van der Waals surface area contributed by atoms with Gasteiger partial charge >= 0.3 is 6.30 Å². The number of hydrogen-bond donors (Lipinski definition) is 0. The average molecular weight is 365 g/mol. The van der Waals surface area contributed by atoms with Crippen LogP contribution in [0.15, 0.2) is 52.8 Å². The molecule has 2 aromatic rings. The van der Waals surface area contributed by atoms with Crippen LogP contribution < -0.4 is 9.80 Å². The molecule has 1 aromatic carbocycles. The molecule has 1 aromatic heterocycles. The van der Waals surface area contributed by atoms with Crippen LogP contribution in [0.3, 0.4) is 0 Å². The van der Waals surface area contributed by atoms with E-state index in [1.807, 2.05) is 18.7 Å². The van der Waals surface area contributed by atoms with Gasteiger partial charge in [-0.25, -0.2) is 9.88 Å². The van der Waals surface area contributed by atoms with E-state index >= 15 is 0 Å². The van der Waals surface area contributed by atoms with Gasteiger partial charge in [-0.05, 0) is 44.2 Å². The monoisotopic (exact) mass is 365 g/mol. The number of carbonyl (C=O) groups is 1. The van der Waals surface area contributed by atoms with Gasteiger partial charge in [-0.15, -0.1) is 23.4 Å². The molecule has 0 atom stereocenters. The van der Waals surface area contributed by atoms with Crippen LogP contribution in [0.2, 0.25) is 0 Å². The van der Waals surface area contributed by atoms with E-state index in [0.717, 1.165) is 0 Å². The Kier molecular flexibility index (Phi) is 6.26. The van der Waals surface area contributed by atoms with Gasteiger partial charge in [-0.1, -0.05) is 6.07 Å². The topological polar surface area (TPSA) is 61.2 Å². The summed E-state index contributed by atoms with van der Waals surface area (Å²) in [6.45, 7) is 4.99. The number of benzene rings is 1.